The molecule has 0 saturated carbocycles. The summed E-state index contributed by atoms with van der Waals surface area (Å²) >= 11 is 6.55. The van der Waals surface area contributed by atoms with E-state index in [-0.39, 0.29) is 4.87 Å². The standard InChI is InChI=1S/C28H49Cl/c1-4-5-6-7-8-9-10-11-12-13-14-15-16-17-18-19-20-23-26-24-21-22-25-27(26)28(2,3)29/h21-22,24-25H,4-20,23H2,1-3H3. The van der Waals surface area contributed by atoms with Gasteiger partial charge in [0.2, 0.25) is 0 Å². The Kier molecular flexibility index (Phi) is 15.8. The van der Waals surface area contributed by atoms with Crippen molar-refractivity contribution >= 4 is 11.6 Å². The molecule has 0 aliphatic heterocycles. The molecule has 0 spiro atoms. The van der Waals surface area contributed by atoms with Crippen LogP contribution in [0.1, 0.15) is 141 Å². The highest BCUT2D eigenvalue weighted by atomic mass is 35.5. The van der Waals surface area contributed by atoms with Crippen LogP contribution in [-0.4, -0.2) is 0 Å². The summed E-state index contributed by atoms with van der Waals surface area (Å²) in [5.41, 5.74) is 2.74. The number of benzene rings is 1. The van der Waals surface area contributed by atoms with Gasteiger partial charge in [0.25, 0.3) is 0 Å². The maximum Gasteiger partial charge on any atom is 0.0641 e. The number of hydrogen-bond acceptors (Lipinski definition) is 0. The summed E-state index contributed by atoms with van der Waals surface area (Å²) in [6.07, 6.45) is 25.5. The molecule has 168 valence electrons. The van der Waals surface area contributed by atoms with Crippen molar-refractivity contribution in [2.45, 2.75) is 141 Å². The summed E-state index contributed by atoms with van der Waals surface area (Å²) in [4.78, 5) is -0.259. The van der Waals surface area contributed by atoms with Crippen LogP contribution in [0.2, 0.25) is 0 Å². The molecule has 1 heteroatoms. The van der Waals surface area contributed by atoms with E-state index in [9.17, 15) is 0 Å². The summed E-state index contributed by atoms with van der Waals surface area (Å²) in [6.45, 7) is 6.49. The molecule has 0 unspecified atom stereocenters. The molecule has 0 aliphatic carbocycles. The Hall–Kier alpha value is -0.490. The third-order valence-corrected chi connectivity index (χ3v) is 6.41. The molecule has 0 N–H and O–H groups in total. The zero-order chi connectivity index (χ0) is 21.2. The minimum atomic E-state index is -0.259. The Bertz CT molecular complexity index is 485. The van der Waals surface area contributed by atoms with E-state index in [2.05, 4.69) is 45.0 Å². The predicted molar refractivity (Wildman–Crippen MR) is 133 cm³/mol. The van der Waals surface area contributed by atoms with Crippen molar-refractivity contribution in [3.63, 3.8) is 0 Å². The molecule has 1 aromatic rings. The topological polar surface area (TPSA) is 0 Å². The summed E-state index contributed by atoms with van der Waals surface area (Å²) in [6, 6.07) is 8.70. The number of hydrogen-bond donors (Lipinski definition) is 0. The Morgan fingerprint density at radius 2 is 0.966 bits per heavy atom. The first-order chi connectivity index (χ1) is 14.1. The summed E-state index contributed by atoms with van der Waals surface area (Å²) in [5.74, 6) is 0. The summed E-state index contributed by atoms with van der Waals surface area (Å²) in [5, 5.41) is 0. The van der Waals surface area contributed by atoms with Crippen molar-refractivity contribution < 1.29 is 0 Å². The van der Waals surface area contributed by atoms with Gasteiger partial charge in [-0.15, -0.1) is 11.6 Å². The number of rotatable bonds is 19. The lowest BCUT2D eigenvalue weighted by molar-refractivity contribution is 0.527. The third-order valence-electron chi connectivity index (χ3n) is 6.21. The van der Waals surface area contributed by atoms with Gasteiger partial charge in [-0.3, -0.25) is 0 Å². The van der Waals surface area contributed by atoms with Gasteiger partial charge in [-0.1, -0.05) is 134 Å². The SMILES string of the molecule is CCCCCCCCCCCCCCCCCCCc1ccccc1C(C)(C)Cl. The van der Waals surface area contributed by atoms with Gasteiger partial charge in [0.15, 0.2) is 0 Å². The van der Waals surface area contributed by atoms with E-state index in [0.29, 0.717) is 0 Å². The average Bonchev–Trinajstić information content (AvgIpc) is 2.70. The Labute approximate surface area is 188 Å². The van der Waals surface area contributed by atoms with E-state index in [1.54, 1.807) is 0 Å². The van der Waals surface area contributed by atoms with Gasteiger partial charge >= 0.3 is 0 Å². The lowest BCUT2D eigenvalue weighted by Crippen LogP contribution is -2.10. The van der Waals surface area contributed by atoms with Gasteiger partial charge in [0.05, 0.1) is 4.87 Å². The van der Waals surface area contributed by atoms with Gasteiger partial charge < -0.3 is 0 Å². The van der Waals surface area contributed by atoms with Crippen molar-refractivity contribution in [2.75, 3.05) is 0 Å². The van der Waals surface area contributed by atoms with Crippen LogP contribution in [0.3, 0.4) is 0 Å². The van der Waals surface area contributed by atoms with Gasteiger partial charge in [0, 0.05) is 0 Å². The molecule has 1 aromatic carbocycles. The van der Waals surface area contributed by atoms with Crippen LogP contribution in [0.4, 0.5) is 0 Å². The molecular formula is C28H49Cl. The van der Waals surface area contributed by atoms with Crippen molar-refractivity contribution in [1.82, 2.24) is 0 Å². The van der Waals surface area contributed by atoms with Crippen molar-refractivity contribution in [3.8, 4) is 0 Å². The van der Waals surface area contributed by atoms with E-state index < -0.39 is 0 Å². The lowest BCUT2D eigenvalue weighted by Gasteiger charge is -2.20. The second kappa shape index (κ2) is 17.2. The predicted octanol–water partition coefficient (Wildman–Crippen LogP) is 10.4. The van der Waals surface area contributed by atoms with Crippen molar-refractivity contribution in [2.24, 2.45) is 0 Å². The first kappa shape index (κ1) is 26.5. The van der Waals surface area contributed by atoms with E-state index in [4.69, 9.17) is 11.6 Å². The van der Waals surface area contributed by atoms with Crippen molar-refractivity contribution in [1.29, 1.82) is 0 Å². The van der Waals surface area contributed by atoms with Crippen LogP contribution in [0.15, 0.2) is 24.3 Å². The maximum absolute atomic E-state index is 6.55. The Morgan fingerprint density at radius 3 is 1.38 bits per heavy atom. The van der Waals surface area contributed by atoms with E-state index >= 15 is 0 Å². The smallest absolute Gasteiger partial charge is 0.0641 e. The monoisotopic (exact) mass is 420 g/mol. The fourth-order valence-corrected chi connectivity index (χ4v) is 4.54. The van der Waals surface area contributed by atoms with Crippen molar-refractivity contribution in [3.05, 3.63) is 35.4 Å². The highest BCUT2D eigenvalue weighted by Gasteiger charge is 2.19. The molecule has 29 heavy (non-hydrogen) atoms. The largest absolute Gasteiger partial charge is 0.115 e. The molecule has 1 rings (SSSR count). The first-order valence-electron chi connectivity index (χ1n) is 12.8. The molecule has 0 aromatic heterocycles. The van der Waals surface area contributed by atoms with Crippen LogP contribution in [0, 0.1) is 0 Å². The zero-order valence-corrected chi connectivity index (χ0v) is 20.7. The average molecular weight is 421 g/mol. The fraction of sp³-hybridized carbons (Fsp3) is 0.786. The lowest BCUT2D eigenvalue weighted by atomic mass is 9.93. The van der Waals surface area contributed by atoms with Gasteiger partial charge in [0.1, 0.15) is 0 Å². The zero-order valence-electron chi connectivity index (χ0n) is 19.9. The number of unbranched alkanes of at least 4 members (excludes halogenated alkanes) is 16. The van der Waals surface area contributed by atoms with Gasteiger partial charge in [-0.25, -0.2) is 0 Å². The number of halogens is 1. The molecule has 0 radical (unpaired) electrons. The molecule has 0 atom stereocenters. The Morgan fingerprint density at radius 1 is 0.586 bits per heavy atom. The van der Waals surface area contributed by atoms with Crippen LogP contribution in [-0.2, 0) is 11.3 Å². The second-order valence-electron chi connectivity index (χ2n) is 9.54. The van der Waals surface area contributed by atoms with E-state index in [1.807, 2.05) is 0 Å². The normalized spacial score (nSPS) is 11.9. The van der Waals surface area contributed by atoms with Crippen LogP contribution in [0.25, 0.3) is 0 Å². The number of alkyl halides is 1. The molecule has 0 fully saturated rings. The first-order valence-corrected chi connectivity index (χ1v) is 13.2. The molecule has 0 heterocycles. The summed E-state index contributed by atoms with van der Waals surface area (Å²) < 4.78 is 0. The van der Waals surface area contributed by atoms with E-state index in [0.717, 1.165) is 0 Å². The molecule has 0 aliphatic rings. The Balaban J connectivity index is 1.88. The second-order valence-corrected chi connectivity index (χ2v) is 10.5. The molecule has 0 nitrogen and oxygen atoms in total. The maximum atomic E-state index is 6.55. The minimum absolute atomic E-state index is 0.259. The quantitative estimate of drug-likeness (QED) is 0.154. The highest BCUT2D eigenvalue weighted by molar-refractivity contribution is 6.23. The van der Waals surface area contributed by atoms with Crippen LogP contribution < -0.4 is 0 Å². The molecule has 0 amide bonds. The van der Waals surface area contributed by atoms with E-state index in [1.165, 1.54) is 127 Å². The molecule has 0 bridgehead atoms. The van der Waals surface area contributed by atoms with Crippen LogP contribution in [0.5, 0.6) is 0 Å². The minimum Gasteiger partial charge on any atom is -0.115 e. The fourth-order valence-electron chi connectivity index (χ4n) is 4.36. The summed E-state index contributed by atoms with van der Waals surface area (Å²) in [7, 11) is 0. The third kappa shape index (κ3) is 14.2. The van der Waals surface area contributed by atoms with Gasteiger partial charge in [-0.2, -0.15) is 0 Å². The molecule has 0 saturated heterocycles. The van der Waals surface area contributed by atoms with Crippen LogP contribution >= 0.6 is 11.6 Å². The van der Waals surface area contributed by atoms with Gasteiger partial charge in [-0.05, 0) is 37.8 Å². The highest BCUT2D eigenvalue weighted by Crippen LogP contribution is 2.31. The molecular weight excluding hydrogens is 372 g/mol. The number of aryl methyl sites for hydroxylation is 1.